The average Bonchev–Trinajstić information content (AvgIpc) is 3.15. The number of amides is 2. The number of anilines is 1. The lowest BCUT2D eigenvalue weighted by Crippen LogP contribution is -2.38. The highest BCUT2D eigenvalue weighted by molar-refractivity contribution is 7.14. The molecule has 1 saturated heterocycles. The van der Waals surface area contributed by atoms with Gasteiger partial charge in [-0.05, 0) is 12.8 Å². The quantitative estimate of drug-likeness (QED) is 0.854. The summed E-state index contributed by atoms with van der Waals surface area (Å²) in [5.41, 5.74) is 0.323. The molecule has 122 valence electrons. The molecular formula is C13H15N5O4S. The van der Waals surface area contributed by atoms with Crippen LogP contribution in [0.3, 0.4) is 0 Å². The number of H-pyrrole nitrogens is 1. The van der Waals surface area contributed by atoms with Crippen LogP contribution in [0.4, 0.5) is 5.13 Å². The molecule has 3 rings (SSSR count). The lowest BCUT2D eigenvalue weighted by Gasteiger charge is -2.29. The number of carbonyl (C=O) groups is 2. The molecule has 2 N–H and O–H groups in total. The van der Waals surface area contributed by atoms with Crippen molar-refractivity contribution in [1.29, 1.82) is 0 Å². The monoisotopic (exact) mass is 337 g/mol. The Kier molecular flexibility index (Phi) is 4.24. The Bertz CT molecular complexity index is 771. The topological polar surface area (TPSA) is 121 Å². The first-order valence-electron chi connectivity index (χ1n) is 7.10. The standard InChI is InChI=1S/C13H15N5O4S/c1-7(19)14-12-15-9(6-23-12)11(20)18-4-2-8(3-5-18)10-16-17-13(21)22-10/h6,8H,2-5H2,1H3,(H,17,21)(H,14,15,19). The molecule has 0 atom stereocenters. The summed E-state index contributed by atoms with van der Waals surface area (Å²) in [4.78, 5) is 40.2. The van der Waals surface area contributed by atoms with Gasteiger partial charge < -0.3 is 14.6 Å². The molecule has 0 bridgehead atoms. The van der Waals surface area contributed by atoms with Gasteiger partial charge in [0.15, 0.2) is 5.13 Å². The molecule has 2 aromatic rings. The van der Waals surface area contributed by atoms with Crippen LogP contribution in [0.5, 0.6) is 0 Å². The molecule has 0 spiro atoms. The zero-order valence-corrected chi connectivity index (χ0v) is 13.2. The van der Waals surface area contributed by atoms with Gasteiger partial charge in [0.05, 0.1) is 0 Å². The molecule has 0 aliphatic carbocycles. The number of nitrogens with zero attached hydrogens (tertiary/aromatic N) is 3. The fourth-order valence-electron chi connectivity index (χ4n) is 2.49. The number of piperidine rings is 1. The van der Waals surface area contributed by atoms with E-state index in [4.69, 9.17) is 4.42 Å². The van der Waals surface area contributed by atoms with Gasteiger partial charge in [0.2, 0.25) is 11.8 Å². The molecule has 0 unspecified atom stereocenters. The maximum absolute atomic E-state index is 12.4. The van der Waals surface area contributed by atoms with Crippen molar-refractivity contribution in [3.8, 4) is 0 Å². The third-order valence-corrected chi connectivity index (χ3v) is 4.35. The Morgan fingerprint density at radius 3 is 2.78 bits per heavy atom. The number of rotatable bonds is 3. The van der Waals surface area contributed by atoms with Gasteiger partial charge in [-0.3, -0.25) is 9.59 Å². The van der Waals surface area contributed by atoms with Crippen LogP contribution in [0, 0.1) is 0 Å². The summed E-state index contributed by atoms with van der Waals surface area (Å²) in [6.07, 6.45) is 1.34. The highest BCUT2D eigenvalue weighted by Crippen LogP contribution is 2.27. The number of hydrogen-bond donors (Lipinski definition) is 2. The minimum absolute atomic E-state index is 0.0309. The Hall–Kier alpha value is -2.49. The largest absolute Gasteiger partial charge is 0.434 e. The normalized spacial score (nSPS) is 15.6. The Morgan fingerprint density at radius 2 is 2.17 bits per heavy atom. The highest BCUT2D eigenvalue weighted by atomic mass is 32.1. The fourth-order valence-corrected chi connectivity index (χ4v) is 3.22. The molecule has 9 nitrogen and oxygen atoms in total. The van der Waals surface area contributed by atoms with Gasteiger partial charge in [-0.2, -0.15) is 0 Å². The molecule has 1 aliphatic heterocycles. The van der Waals surface area contributed by atoms with Gasteiger partial charge in [0.25, 0.3) is 5.91 Å². The molecule has 0 aromatic carbocycles. The van der Waals surface area contributed by atoms with Crippen LogP contribution in [-0.2, 0) is 4.79 Å². The van der Waals surface area contributed by atoms with E-state index in [-0.39, 0.29) is 17.7 Å². The van der Waals surface area contributed by atoms with E-state index in [0.29, 0.717) is 42.6 Å². The lowest BCUT2D eigenvalue weighted by molar-refractivity contribution is -0.114. The second-order valence-corrected chi connectivity index (χ2v) is 6.10. The summed E-state index contributed by atoms with van der Waals surface area (Å²) >= 11 is 1.22. The van der Waals surface area contributed by atoms with Crippen molar-refractivity contribution >= 4 is 28.3 Å². The highest BCUT2D eigenvalue weighted by Gasteiger charge is 2.28. The van der Waals surface area contributed by atoms with Gasteiger partial charge in [0, 0.05) is 31.3 Å². The van der Waals surface area contributed by atoms with Crippen LogP contribution in [0.2, 0.25) is 0 Å². The maximum atomic E-state index is 12.4. The van der Waals surface area contributed by atoms with Crippen LogP contribution in [-0.4, -0.2) is 45.0 Å². The lowest BCUT2D eigenvalue weighted by atomic mass is 9.96. The average molecular weight is 337 g/mol. The van der Waals surface area contributed by atoms with E-state index in [1.807, 2.05) is 0 Å². The van der Waals surface area contributed by atoms with Gasteiger partial charge in [0.1, 0.15) is 5.69 Å². The van der Waals surface area contributed by atoms with Crippen molar-refractivity contribution in [3.63, 3.8) is 0 Å². The molecule has 1 fully saturated rings. The van der Waals surface area contributed by atoms with Crippen LogP contribution < -0.4 is 11.1 Å². The minimum atomic E-state index is -0.563. The Labute approximate surface area is 134 Å². The molecule has 23 heavy (non-hydrogen) atoms. The van der Waals surface area contributed by atoms with Crippen molar-refractivity contribution in [2.75, 3.05) is 18.4 Å². The zero-order chi connectivity index (χ0) is 16.4. The van der Waals surface area contributed by atoms with Crippen molar-refractivity contribution in [2.24, 2.45) is 0 Å². The smallest absolute Gasteiger partial charge is 0.392 e. The van der Waals surface area contributed by atoms with Gasteiger partial charge in [-0.1, -0.05) is 0 Å². The van der Waals surface area contributed by atoms with Gasteiger partial charge >= 0.3 is 5.76 Å². The van der Waals surface area contributed by atoms with Gasteiger partial charge in [-0.15, -0.1) is 16.4 Å². The Morgan fingerprint density at radius 1 is 1.43 bits per heavy atom. The predicted molar refractivity (Wildman–Crippen MR) is 81.4 cm³/mol. The zero-order valence-electron chi connectivity index (χ0n) is 12.4. The third kappa shape index (κ3) is 3.47. The van der Waals surface area contributed by atoms with E-state index < -0.39 is 5.76 Å². The number of likely N-dealkylation sites (tertiary alicyclic amines) is 1. The molecule has 0 radical (unpaired) electrons. The first kappa shape index (κ1) is 15.4. The van der Waals surface area contributed by atoms with Crippen molar-refractivity contribution in [3.05, 3.63) is 27.5 Å². The second-order valence-electron chi connectivity index (χ2n) is 5.24. The summed E-state index contributed by atoms with van der Waals surface area (Å²) in [7, 11) is 0. The molecule has 0 saturated carbocycles. The van der Waals surface area contributed by atoms with E-state index >= 15 is 0 Å². The maximum Gasteiger partial charge on any atom is 0.434 e. The van der Waals surface area contributed by atoms with Crippen molar-refractivity contribution in [2.45, 2.75) is 25.7 Å². The van der Waals surface area contributed by atoms with E-state index in [9.17, 15) is 14.4 Å². The number of nitrogens with one attached hydrogen (secondary N) is 2. The summed E-state index contributed by atoms with van der Waals surface area (Å²) in [6.45, 7) is 2.46. The SMILES string of the molecule is CC(=O)Nc1nc(C(=O)N2CCC(c3n[nH]c(=O)o3)CC2)cs1. The number of hydrogen-bond acceptors (Lipinski definition) is 7. The molecule has 1 aliphatic rings. The number of aromatic nitrogens is 3. The van der Waals surface area contributed by atoms with Crippen molar-refractivity contribution < 1.29 is 14.0 Å². The van der Waals surface area contributed by atoms with E-state index in [0.717, 1.165) is 0 Å². The molecule has 10 heteroatoms. The number of carbonyl (C=O) groups excluding carboxylic acids is 2. The van der Waals surface area contributed by atoms with E-state index in [1.54, 1.807) is 10.3 Å². The first-order valence-corrected chi connectivity index (χ1v) is 7.98. The number of thiazole rings is 1. The van der Waals surface area contributed by atoms with E-state index in [1.165, 1.54) is 18.3 Å². The third-order valence-electron chi connectivity index (χ3n) is 3.59. The van der Waals surface area contributed by atoms with Gasteiger partial charge in [-0.25, -0.2) is 14.9 Å². The number of aromatic amines is 1. The van der Waals surface area contributed by atoms with Crippen LogP contribution in [0.1, 0.15) is 42.1 Å². The van der Waals surface area contributed by atoms with E-state index in [2.05, 4.69) is 20.5 Å². The van der Waals surface area contributed by atoms with Crippen LogP contribution >= 0.6 is 11.3 Å². The summed E-state index contributed by atoms with van der Waals surface area (Å²) in [5.74, 6) is -0.530. The van der Waals surface area contributed by atoms with Crippen molar-refractivity contribution in [1.82, 2.24) is 20.1 Å². The van der Waals surface area contributed by atoms with Crippen LogP contribution in [0.25, 0.3) is 0 Å². The summed E-state index contributed by atoms with van der Waals surface area (Å²) in [6, 6.07) is 0. The minimum Gasteiger partial charge on any atom is -0.392 e. The second kappa shape index (κ2) is 6.32. The molecule has 3 heterocycles. The predicted octanol–water partition coefficient (Wildman–Crippen LogP) is 0.798. The fraction of sp³-hybridized carbons (Fsp3) is 0.462. The summed E-state index contributed by atoms with van der Waals surface area (Å²) in [5, 5.41) is 10.7. The Balaban J connectivity index is 1.60. The molecule has 2 aromatic heterocycles. The summed E-state index contributed by atoms with van der Waals surface area (Å²) < 4.78 is 4.97. The van der Waals surface area contributed by atoms with Crippen LogP contribution in [0.15, 0.2) is 14.6 Å². The first-order chi connectivity index (χ1) is 11.0. The molecular weight excluding hydrogens is 322 g/mol. The molecule has 2 amide bonds.